The van der Waals surface area contributed by atoms with Crippen LogP contribution in [0.25, 0.3) is 0 Å². The summed E-state index contributed by atoms with van der Waals surface area (Å²) < 4.78 is 38.1. The standard InChI is InChI=1S/C13H16F3NO/c1-3-6-9(2)12(18)17-11-8-5-4-7-10(11)13(14,15)16/h4-5,7-9H,3,6H2,1-2H3,(H,17,18). The van der Waals surface area contributed by atoms with Crippen LogP contribution in [-0.4, -0.2) is 5.91 Å². The minimum absolute atomic E-state index is 0.182. The maximum Gasteiger partial charge on any atom is 0.418 e. The van der Waals surface area contributed by atoms with Crippen LogP contribution >= 0.6 is 0 Å². The number of hydrogen-bond acceptors (Lipinski definition) is 1. The minimum atomic E-state index is -4.46. The van der Waals surface area contributed by atoms with Gasteiger partial charge in [-0.1, -0.05) is 32.4 Å². The fourth-order valence-electron chi connectivity index (χ4n) is 1.66. The maximum absolute atomic E-state index is 12.7. The number of carbonyl (C=O) groups excluding carboxylic acids is 1. The van der Waals surface area contributed by atoms with Gasteiger partial charge in [0, 0.05) is 5.92 Å². The van der Waals surface area contributed by atoms with Crippen LogP contribution in [0.5, 0.6) is 0 Å². The molecule has 1 unspecified atom stereocenters. The molecule has 0 spiro atoms. The summed E-state index contributed by atoms with van der Waals surface area (Å²) in [5.41, 5.74) is -1.000. The summed E-state index contributed by atoms with van der Waals surface area (Å²) in [5.74, 6) is -0.676. The van der Waals surface area contributed by atoms with Crippen LogP contribution in [0.4, 0.5) is 18.9 Å². The van der Waals surface area contributed by atoms with E-state index in [4.69, 9.17) is 0 Å². The van der Waals surface area contributed by atoms with Gasteiger partial charge in [0.05, 0.1) is 11.3 Å². The van der Waals surface area contributed by atoms with E-state index in [0.29, 0.717) is 6.42 Å². The van der Waals surface area contributed by atoms with Crippen molar-refractivity contribution in [3.63, 3.8) is 0 Å². The Labute approximate surface area is 104 Å². The molecule has 1 amide bonds. The van der Waals surface area contributed by atoms with Gasteiger partial charge >= 0.3 is 6.18 Å². The molecule has 5 heteroatoms. The number of nitrogens with one attached hydrogen (secondary N) is 1. The quantitative estimate of drug-likeness (QED) is 0.867. The van der Waals surface area contributed by atoms with Gasteiger partial charge in [0.2, 0.25) is 5.91 Å². The predicted molar refractivity (Wildman–Crippen MR) is 64.1 cm³/mol. The number of halogens is 3. The van der Waals surface area contributed by atoms with Gasteiger partial charge < -0.3 is 5.32 Å². The van der Waals surface area contributed by atoms with Gasteiger partial charge in [-0.2, -0.15) is 13.2 Å². The number of carbonyl (C=O) groups is 1. The van der Waals surface area contributed by atoms with Crippen molar-refractivity contribution in [1.29, 1.82) is 0 Å². The first-order valence-electron chi connectivity index (χ1n) is 5.83. The molecule has 18 heavy (non-hydrogen) atoms. The summed E-state index contributed by atoms with van der Waals surface area (Å²) in [4.78, 5) is 11.7. The summed E-state index contributed by atoms with van der Waals surface area (Å²) in [6.07, 6.45) is -2.99. The molecule has 2 nitrogen and oxygen atoms in total. The molecule has 0 saturated carbocycles. The highest BCUT2D eigenvalue weighted by Gasteiger charge is 2.33. The van der Waals surface area contributed by atoms with E-state index in [0.717, 1.165) is 12.5 Å². The lowest BCUT2D eigenvalue weighted by Gasteiger charge is -2.15. The first kappa shape index (κ1) is 14.5. The second-order valence-corrected chi connectivity index (χ2v) is 4.22. The molecule has 0 heterocycles. The average molecular weight is 259 g/mol. The molecule has 1 aromatic rings. The summed E-state index contributed by atoms with van der Waals surface area (Å²) in [6, 6.07) is 4.99. The third kappa shape index (κ3) is 3.75. The number of rotatable bonds is 4. The Morgan fingerprint density at radius 1 is 1.33 bits per heavy atom. The van der Waals surface area contributed by atoms with Crippen molar-refractivity contribution < 1.29 is 18.0 Å². The van der Waals surface area contributed by atoms with Crippen LogP contribution in [0, 0.1) is 5.92 Å². The Morgan fingerprint density at radius 3 is 2.50 bits per heavy atom. The van der Waals surface area contributed by atoms with Crippen LogP contribution < -0.4 is 5.32 Å². The smallest absolute Gasteiger partial charge is 0.325 e. The lowest BCUT2D eigenvalue weighted by atomic mass is 10.0. The van der Waals surface area contributed by atoms with Crippen molar-refractivity contribution in [3.05, 3.63) is 29.8 Å². The van der Waals surface area contributed by atoms with Crippen LogP contribution in [0.15, 0.2) is 24.3 Å². The average Bonchev–Trinajstić information content (AvgIpc) is 2.28. The van der Waals surface area contributed by atoms with Crippen molar-refractivity contribution in [1.82, 2.24) is 0 Å². The normalized spacial score (nSPS) is 13.2. The Balaban J connectivity index is 2.88. The Hall–Kier alpha value is -1.52. The molecule has 0 aliphatic carbocycles. The molecule has 0 aromatic heterocycles. The van der Waals surface area contributed by atoms with Crippen LogP contribution in [0.2, 0.25) is 0 Å². The number of hydrogen-bond donors (Lipinski definition) is 1. The molecule has 0 radical (unpaired) electrons. The fourth-order valence-corrected chi connectivity index (χ4v) is 1.66. The number of anilines is 1. The first-order chi connectivity index (χ1) is 8.36. The molecule has 100 valence electrons. The summed E-state index contributed by atoms with van der Waals surface area (Å²) >= 11 is 0. The molecule has 0 bridgehead atoms. The summed E-state index contributed by atoms with van der Waals surface area (Å²) in [6.45, 7) is 3.63. The number of para-hydroxylation sites is 1. The SMILES string of the molecule is CCCC(C)C(=O)Nc1ccccc1C(F)(F)F. The second-order valence-electron chi connectivity index (χ2n) is 4.22. The summed E-state index contributed by atoms with van der Waals surface area (Å²) in [5, 5.41) is 2.34. The lowest BCUT2D eigenvalue weighted by molar-refractivity contribution is -0.137. The number of amides is 1. The predicted octanol–water partition coefficient (Wildman–Crippen LogP) is 4.08. The van der Waals surface area contributed by atoms with Crippen molar-refractivity contribution >= 4 is 11.6 Å². The molecule has 1 N–H and O–H groups in total. The van der Waals surface area contributed by atoms with Crippen molar-refractivity contribution in [3.8, 4) is 0 Å². The largest absolute Gasteiger partial charge is 0.418 e. The van der Waals surface area contributed by atoms with Gasteiger partial charge in [-0.3, -0.25) is 4.79 Å². The number of alkyl halides is 3. The highest BCUT2D eigenvalue weighted by atomic mass is 19.4. The van der Waals surface area contributed by atoms with Gasteiger partial charge in [-0.25, -0.2) is 0 Å². The second kappa shape index (κ2) is 5.89. The van der Waals surface area contributed by atoms with Crippen LogP contribution in [-0.2, 0) is 11.0 Å². The topological polar surface area (TPSA) is 29.1 Å². The fraction of sp³-hybridized carbons (Fsp3) is 0.462. The van der Waals surface area contributed by atoms with E-state index in [1.54, 1.807) is 6.92 Å². The Morgan fingerprint density at radius 2 is 1.94 bits per heavy atom. The highest BCUT2D eigenvalue weighted by Crippen LogP contribution is 2.34. The molecular weight excluding hydrogens is 243 g/mol. The molecule has 1 atom stereocenters. The lowest BCUT2D eigenvalue weighted by Crippen LogP contribution is -2.22. The summed E-state index contributed by atoms with van der Waals surface area (Å²) in [7, 11) is 0. The number of benzene rings is 1. The molecule has 0 saturated heterocycles. The monoisotopic (exact) mass is 259 g/mol. The zero-order chi connectivity index (χ0) is 13.8. The Kier molecular flexibility index (Phi) is 4.76. The van der Waals surface area contributed by atoms with Crippen molar-refractivity contribution in [2.45, 2.75) is 32.9 Å². The molecule has 0 aliphatic rings. The van der Waals surface area contributed by atoms with Gasteiger partial charge in [0.25, 0.3) is 0 Å². The van der Waals surface area contributed by atoms with E-state index >= 15 is 0 Å². The van der Waals surface area contributed by atoms with E-state index in [-0.39, 0.29) is 17.5 Å². The van der Waals surface area contributed by atoms with E-state index in [1.807, 2.05) is 6.92 Å². The van der Waals surface area contributed by atoms with E-state index in [1.165, 1.54) is 18.2 Å². The van der Waals surface area contributed by atoms with Gasteiger partial charge in [-0.05, 0) is 18.6 Å². The highest BCUT2D eigenvalue weighted by molar-refractivity contribution is 5.93. The van der Waals surface area contributed by atoms with E-state index in [9.17, 15) is 18.0 Å². The maximum atomic E-state index is 12.7. The molecule has 0 aliphatic heterocycles. The van der Waals surface area contributed by atoms with E-state index in [2.05, 4.69) is 5.32 Å². The van der Waals surface area contributed by atoms with Crippen LogP contribution in [0.3, 0.4) is 0 Å². The zero-order valence-electron chi connectivity index (χ0n) is 10.3. The van der Waals surface area contributed by atoms with Crippen LogP contribution in [0.1, 0.15) is 32.3 Å². The minimum Gasteiger partial charge on any atom is -0.325 e. The third-order valence-electron chi connectivity index (χ3n) is 2.66. The third-order valence-corrected chi connectivity index (χ3v) is 2.66. The van der Waals surface area contributed by atoms with Gasteiger partial charge in [0.15, 0.2) is 0 Å². The van der Waals surface area contributed by atoms with Gasteiger partial charge in [-0.15, -0.1) is 0 Å². The molecule has 0 fully saturated rings. The molecule has 1 aromatic carbocycles. The molecular formula is C13H16F3NO. The first-order valence-corrected chi connectivity index (χ1v) is 5.83. The van der Waals surface area contributed by atoms with Gasteiger partial charge in [0.1, 0.15) is 0 Å². The Bertz CT molecular complexity index is 415. The van der Waals surface area contributed by atoms with Crippen molar-refractivity contribution in [2.24, 2.45) is 5.92 Å². The van der Waals surface area contributed by atoms with E-state index < -0.39 is 11.7 Å². The molecule has 1 rings (SSSR count). The van der Waals surface area contributed by atoms with Crippen molar-refractivity contribution in [2.75, 3.05) is 5.32 Å². The zero-order valence-corrected chi connectivity index (χ0v) is 10.3.